The summed E-state index contributed by atoms with van der Waals surface area (Å²) < 4.78 is 10.2. The summed E-state index contributed by atoms with van der Waals surface area (Å²) in [5, 5.41) is 11.1. The van der Waals surface area contributed by atoms with Crippen LogP contribution in [0, 0.1) is 12.8 Å². The first-order valence-corrected chi connectivity index (χ1v) is 12.5. The molecule has 0 aliphatic carbocycles. The zero-order valence-corrected chi connectivity index (χ0v) is 22.6. The number of oxime groups is 1. The summed E-state index contributed by atoms with van der Waals surface area (Å²) in [6.45, 7) is 7.51. The van der Waals surface area contributed by atoms with Crippen molar-refractivity contribution in [1.82, 2.24) is 16.0 Å². The van der Waals surface area contributed by atoms with Crippen LogP contribution in [-0.2, 0) is 33.5 Å². The Morgan fingerprint density at radius 1 is 1.11 bits per heavy atom. The van der Waals surface area contributed by atoms with E-state index < -0.39 is 35.4 Å². The van der Waals surface area contributed by atoms with Crippen molar-refractivity contribution in [3.63, 3.8) is 0 Å². The average molecular weight is 531 g/mol. The van der Waals surface area contributed by atoms with Crippen molar-refractivity contribution in [2.75, 3.05) is 26.9 Å². The van der Waals surface area contributed by atoms with E-state index in [0.717, 1.165) is 0 Å². The minimum Gasteiger partial charge on any atom is -0.382 e. The van der Waals surface area contributed by atoms with E-state index in [1.54, 1.807) is 6.92 Å². The maximum atomic E-state index is 12.6. The lowest BCUT2D eigenvalue weighted by atomic mass is 9.93. The number of nitrogens with zero attached hydrogens (tertiary/aromatic N) is 1. The second-order valence-corrected chi connectivity index (χ2v) is 9.67. The Morgan fingerprint density at radius 3 is 2.29 bits per heavy atom. The number of aryl methyl sites for hydroxylation is 1. The number of carbonyl (C=O) groups is 4. The summed E-state index contributed by atoms with van der Waals surface area (Å²) in [6.07, 6.45) is 3.90. The quantitative estimate of drug-likeness (QED) is 0.346. The molecule has 2 aliphatic heterocycles. The number of hydrogen-bond donors (Lipinski definition) is 3. The summed E-state index contributed by atoms with van der Waals surface area (Å²) in [5.41, 5.74) is 0.464. The monoisotopic (exact) mass is 530 g/mol. The zero-order chi connectivity index (χ0) is 28.1. The molecule has 3 rings (SSSR count). The smallest absolute Gasteiger partial charge is 0.290 e. The molecule has 208 valence electrons. The third-order valence-electron chi connectivity index (χ3n) is 5.63. The molecular weight excluding hydrogens is 492 g/mol. The molecule has 1 aromatic carbocycles. The predicted octanol–water partition coefficient (Wildman–Crippen LogP) is 1.41. The van der Waals surface area contributed by atoms with Gasteiger partial charge in [-0.2, -0.15) is 0 Å². The number of carbonyl (C=O) groups excluding carboxylic acids is 4. The van der Waals surface area contributed by atoms with Crippen molar-refractivity contribution >= 4 is 29.7 Å². The molecule has 3 amide bonds. The number of epoxide rings is 1. The fraction of sp³-hybridized carbons (Fsp3) is 0.519. The summed E-state index contributed by atoms with van der Waals surface area (Å²) >= 11 is 0. The van der Waals surface area contributed by atoms with Gasteiger partial charge in [0.25, 0.3) is 5.91 Å². The van der Waals surface area contributed by atoms with E-state index in [9.17, 15) is 19.2 Å². The van der Waals surface area contributed by atoms with Gasteiger partial charge in [0.1, 0.15) is 11.6 Å². The van der Waals surface area contributed by atoms with Crippen LogP contribution in [-0.4, -0.2) is 74.3 Å². The van der Waals surface area contributed by atoms with E-state index in [1.165, 1.54) is 25.0 Å². The van der Waals surface area contributed by atoms with Gasteiger partial charge >= 0.3 is 0 Å². The van der Waals surface area contributed by atoms with Crippen molar-refractivity contribution in [1.29, 1.82) is 0 Å². The molecular formula is C27H38N4O7. The standard InChI is InChI=1S/C20H30N4O7.C7H8/c1-12(2)8-13(17(26)20(3)11-30-20)23-16(25)9-21-18(27)14(10-29-4)24-19(28)15-6-5-7-22-31-15;1-7-5-3-2-4-6-7/h6-7,12-14H,5,8-11H2,1-4H3,(H,21,27)(H,23,25)(H,24,28);2-6H,1H3/t13-,14-,20?;/m0./s1. The minimum absolute atomic E-state index is 0.0278. The number of amides is 3. The molecule has 0 aromatic heterocycles. The minimum atomic E-state index is -1.05. The summed E-state index contributed by atoms with van der Waals surface area (Å²) in [6, 6.07) is 8.51. The number of ether oxygens (including phenoxy) is 2. The van der Waals surface area contributed by atoms with E-state index in [0.29, 0.717) is 19.4 Å². The van der Waals surface area contributed by atoms with E-state index in [1.807, 2.05) is 32.0 Å². The Labute approximate surface area is 223 Å². The lowest BCUT2D eigenvalue weighted by molar-refractivity contribution is -0.133. The van der Waals surface area contributed by atoms with Crippen LogP contribution in [0.15, 0.2) is 47.3 Å². The van der Waals surface area contributed by atoms with Crippen LogP contribution in [0.4, 0.5) is 0 Å². The van der Waals surface area contributed by atoms with Gasteiger partial charge in [-0.3, -0.25) is 19.2 Å². The number of methoxy groups -OCH3 is 1. The predicted molar refractivity (Wildman–Crippen MR) is 141 cm³/mol. The second-order valence-electron chi connectivity index (χ2n) is 9.67. The van der Waals surface area contributed by atoms with Crippen LogP contribution in [0.1, 0.15) is 39.2 Å². The average Bonchev–Trinajstić information content (AvgIpc) is 3.65. The second kappa shape index (κ2) is 15.0. The summed E-state index contributed by atoms with van der Waals surface area (Å²) in [7, 11) is 1.38. The van der Waals surface area contributed by atoms with Crippen molar-refractivity contribution in [2.24, 2.45) is 11.1 Å². The normalized spacial score (nSPS) is 19.1. The molecule has 0 radical (unpaired) electrons. The Bertz CT molecular complexity index is 1020. The van der Waals surface area contributed by atoms with Gasteiger partial charge in [0.15, 0.2) is 5.78 Å². The lowest BCUT2D eigenvalue weighted by Gasteiger charge is -2.22. The van der Waals surface area contributed by atoms with Gasteiger partial charge in [0, 0.05) is 19.7 Å². The molecule has 1 fully saturated rings. The number of benzene rings is 1. The first-order valence-electron chi connectivity index (χ1n) is 12.5. The molecule has 3 N–H and O–H groups in total. The van der Waals surface area contributed by atoms with Gasteiger partial charge in [-0.25, -0.2) is 0 Å². The third-order valence-corrected chi connectivity index (χ3v) is 5.63. The molecule has 1 saturated heterocycles. The molecule has 1 unspecified atom stereocenters. The Morgan fingerprint density at radius 2 is 1.79 bits per heavy atom. The maximum absolute atomic E-state index is 12.6. The van der Waals surface area contributed by atoms with Crippen molar-refractivity contribution in [3.8, 4) is 0 Å². The van der Waals surface area contributed by atoms with E-state index in [-0.39, 0.29) is 30.6 Å². The highest BCUT2D eigenvalue weighted by Gasteiger charge is 2.50. The molecule has 38 heavy (non-hydrogen) atoms. The van der Waals surface area contributed by atoms with Crippen LogP contribution in [0.25, 0.3) is 0 Å². The maximum Gasteiger partial charge on any atom is 0.290 e. The summed E-state index contributed by atoms with van der Waals surface area (Å²) in [4.78, 5) is 54.5. The largest absolute Gasteiger partial charge is 0.382 e. The molecule has 11 heteroatoms. The molecule has 0 spiro atoms. The number of ketones is 1. The molecule has 0 bridgehead atoms. The Balaban J connectivity index is 0.000000624. The first-order chi connectivity index (χ1) is 18.1. The fourth-order valence-electron chi connectivity index (χ4n) is 3.44. The number of rotatable bonds is 12. The van der Waals surface area contributed by atoms with Crippen molar-refractivity contribution in [3.05, 3.63) is 47.7 Å². The van der Waals surface area contributed by atoms with Gasteiger partial charge in [-0.1, -0.05) is 54.9 Å². The number of nitrogens with one attached hydrogen (secondary N) is 3. The number of hydrogen-bond acceptors (Lipinski definition) is 8. The van der Waals surface area contributed by atoms with Gasteiger partial charge in [0.2, 0.25) is 17.6 Å². The highest BCUT2D eigenvalue weighted by molar-refractivity contribution is 5.98. The first kappa shape index (κ1) is 30.7. The van der Waals surface area contributed by atoms with Crippen LogP contribution in [0.2, 0.25) is 0 Å². The van der Waals surface area contributed by atoms with E-state index >= 15 is 0 Å². The lowest BCUT2D eigenvalue weighted by Crippen LogP contribution is -2.53. The Hall–Kier alpha value is -3.57. The van der Waals surface area contributed by atoms with Crippen LogP contribution < -0.4 is 16.0 Å². The van der Waals surface area contributed by atoms with Gasteiger partial charge in [-0.15, -0.1) is 0 Å². The van der Waals surface area contributed by atoms with Gasteiger partial charge in [0.05, 0.1) is 25.8 Å². The highest BCUT2D eigenvalue weighted by atomic mass is 16.6. The zero-order valence-electron chi connectivity index (χ0n) is 22.6. The molecule has 2 aliphatic rings. The molecule has 0 saturated carbocycles. The topological polar surface area (TPSA) is 148 Å². The molecule has 2 heterocycles. The molecule has 11 nitrogen and oxygen atoms in total. The molecule has 1 aromatic rings. The Kier molecular flexibility index (Phi) is 12.1. The highest BCUT2D eigenvalue weighted by Crippen LogP contribution is 2.29. The van der Waals surface area contributed by atoms with Crippen LogP contribution in [0.3, 0.4) is 0 Å². The number of Topliss-reactive ketones (excluding diaryl/α,β-unsaturated/α-hetero) is 1. The van der Waals surface area contributed by atoms with Crippen LogP contribution in [0.5, 0.6) is 0 Å². The van der Waals surface area contributed by atoms with Crippen molar-refractivity contribution in [2.45, 2.75) is 58.2 Å². The van der Waals surface area contributed by atoms with Crippen molar-refractivity contribution < 1.29 is 33.5 Å². The fourth-order valence-corrected chi connectivity index (χ4v) is 3.44. The SMILES string of the molecule is COC[C@H](NC(=O)C1=CCC=NO1)C(=O)NCC(=O)N[C@@H](CC(C)C)C(=O)C1(C)CO1.Cc1ccccc1. The number of allylic oxidation sites excluding steroid dienone is 1. The van der Waals surface area contributed by atoms with E-state index in [2.05, 4.69) is 40.2 Å². The molecule has 3 atom stereocenters. The van der Waals surface area contributed by atoms with Crippen LogP contribution >= 0.6 is 0 Å². The third kappa shape index (κ3) is 10.4. The van der Waals surface area contributed by atoms with E-state index in [4.69, 9.17) is 14.3 Å². The van der Waals surface area contributed by atoms with Gasteiger partial charge in [-0.05, 0) is 32.3 Å². The summed E-state index contributed by atoms with van der Waals surface area (Å²) in [5.74, 6) is -1.80. The van der Waals surface area contributed by atoms with Gasteiger partial charge < -0.3 is 30.3 Å².